The monoisotopic (exact) mass is 418 g/mol. The zero-order valence-corrected chi connectivity index (χ0v) is 15.5. The van der Waals surface area contributed by atoms with Gasteiger partial charge in [0.25, 0.3) is 0 Å². The van der Waals surface area contributed by atoms with Crippen LogP contribution in [-0.4, -0.2) is 22.9 Å². The van der Waals surface area contributed by atoms with Crippen molar-refractivity contribution in [3.63, 3.8) is 0 Å². The molecular formula is C17H14ClF3N2O3S. The summed E-state index contributed by atoms with van der Waals surface area (Å²) in [5.74, 6) is 0.970. The summed E-state index contributed by atoms with van der Waals surface area (Å²) in [6.45, 7) is 2.06. The molecule has 0 fully saturated rings. The van der Waals surface area contributed by atoms with E-state index in [2.05, 4.69) is 10.3 Å². The zero-order chi connectivity index (χ0) is 19.6. The van der Waals surface area contributed by atoms with E-state index in [0.717, 1.165) is 23.4 Å². The van der Waals surface area contributed by atoms with E-state index in [1.165, 1.54) is 0 Å². The maximum Gasteiger partial charge on any atom is 0.417 e. The molecule has 2 aromatic rings. The fraction of sp³-hybridized carbons (Fsp3) is 0.294. The summed E-state index contributed by atoms with van der Waals surface area (Å²) in [4.78, 5) is 16.0. The predicted octanol–water partition coefficient (Wildman–Crippen LogP) is 4.28. The van der Waals surface area contributed by atoms with Gasteiger partial charge in [0.05, 0.1) is 15.8 Å². The van der Waals surface area contributed by atoms with Crippen LogP contribution in [-0.2, 0) is 17.5 Å². The van der Waals surface area contributed by atoms with E-state index >= 15 is 0 Å². The Balaban J connectivity index is 1.58. The fourth-order valence-electron chi connectivity index (χ4n) is 2.27. The molecule has 0 spiro atoms. The number of pyridine rings is 1. The lowest BCUT2D eigenvalue weighted by molar-refractivity contribution is -0.137. The van der Waals surface area contributed by atoms with Crippen LogP contribution in [0.3, 0.4) is 0 Å². The molecule has 3 rings (SSSR count). The van der Waals surface area contributed by atoms with Gasteiger partial charge < -0.3 is 14.8 Å². The maximum absolute atomic E-state index is 12.6. The average Bonchev–Trinajstić information content (AvgIpc) is 3.08. The van der Waals surface area contributed by atoms with Crippen LogP contribution in [0.5, 0.6) is 11.5 Å². The second kappa shape index (κ2) is 7.85. The van der Waals surface area contributed by atoms with Crippen LogP contribution in [0.2, 0.25) is 5.02 Å². The number of hydrogen-bond donors (Lipinski definition) is 1. The van der Waals surface area contributed by atoms with Gasteiger partial charge in [-0.05, 0) is 30.7 Å². The molecule has 5 nitrogen and oxygen atoms in total. The minimum Gasteiger partial charge on any atom is -0.454 e. The Hall–Kier alpha value is -2.13. The second-order valence-electron chi connectivity index (χ2n) is 5.67. The molecule has 1 aromatic carbocycles. The summed E-state index contributed by atoms with van der Waals surface area (Å²) in [6, 6.07) is 6.14. The van der Waals surface area contributed by atoms with Crippen molar-refractivity contribution in [2.24, 2.45) is 0 Å². The van der Waals surface area contributed by atoms with Crippen LogP contribution in [0.1, 0.15) is 18.1 Å². The molecule has 1 N–H and O–H groups in total. The number of carbonyl (C=O) groups is 1. The highest BCUT2D eigenvalue weighted by Gasteiger charge is 2.32. The van der Waals surface area contributed by atoms with Crippen LogP contribution in [0, 0.1) is 0 Å². The minimum atomic E-state index is -4.52. The molecule has 0 aliphatic carbocycles. The molecule has 1 aromatic heterocycles. The first kappa shape index (κ1) is 19.6. The standard InChI is InChI=1S/C17H14ClF3N2O3S/c1-9(27-16-12(18)5-11(7-23-16)17(19,20)21)15(24)22-6-10-2-3-13-14(4-10)26-8-25-13/h2-5,7,9H,6,8H2,1H3,(H,22,24)/t9-/m0/s1. The Bertz CT molecular complexity index is 864. The van der Waals surface area contributed by atoms with Crippen LogP contribution in [0.4, 0.5) is 13.2 Å². The summed E-state index contributed by atoms with van der Waals surface area (Å²) >= 11 is 6.86. The number of nitrogens with zero attached hydrogens (tertiary/aromatic N) is 1. The number of halogens is 4. The highest BCUT2D eigenvalue weighted by molar-refractivity contribution is 8.00. The number of amides is 1. The number of ether oxygens (including phenoxy) is 2. The van der Waals surface area contributed by atoms with Gasteiger partial charge >= 0.3 is 6.18 Å². The normalized spacial score (nSPS) is 14.1. The molecule has 144 valence electrons. The van der Waals surface area contributed by atoms with Crippen molar-refractivity contribution < 1.29 is 27.4 Å². The van der Waals surface area contributed by atoms with E-state index in [1.54, 1.807) is 25.1 Å². The molecule has 1 aliphatic rings. The smallest absolute Gasteiger partial charge is 0.417 e. The van der Waals surface area contributed by atoms with Crippen molar-refractivity contribution in [1.82, 2.24) is 10.3 Å². The van der Waals surface area contributed by atoms with E-state index in [4.69, 9.17) is 21.1 Å². The van der Waals surface area contributed by atoms with E-state index in [9.17, 15) is 18.0 Å². The van der Waals surface area contributed by atoms with Crippen LogP contribution < -0.4 is 14.8 Å². The number of hydrogen-bond acceptors (Lipinski definition) is 5. The van der Waals surface area contributed by atoms with Crippen molar-refractivity contribution in [2.45, 2.75) is 29.9 Å². The van der Waals surface area contributed by atoms with Crippen LogP contribution in [0.25, 0.3) is 0 Å². The molecular weight excluding hydrogens is 405 g/mol. The van der Waals surface area contributed by atoms with Crippen LogP contribution >= 0.6 is 23.4 Å². The molecule has 1 amide bonds. The number of rotatable bonds is 5. The molecule has 1 aliphatic heterocycles. The predicted molar refractivity (Wildman–Crippen MR) is 94.0 cm³/mol. The Morgan fingerprint density at radius 1 is 1.33 bits per heavy atom. The van der Waals surface area contributed by atoms with Crippen molar-refractivity contribution in [1.29, 1.82) is 0 Å². The zero-order valence-electron chi connectivity index (χ0n) is 14.0. The number of fused-ring (bicyclic) bond motifs is 1. The second-order valence-corrected chi connectivity index (χ2v) is 7.41. The number of nitrogens with one attached hydrogen (secondary N) is 1. The Morgan fingerprint density at radius 2 is 2.07 bits per heavy atom. The van der Waals surface area contributed by atoms with E-state index < -0.39 is 17.0 Å². The fourth-order valence-corrected chi connectivity index (χ4v) is 3.38. The largest absolute Gasteiger partial charge is 0.454 e. The number of carbonyl (C=O) groups excluding carboxylic acids is 1. The summed E-state index contributed by atoms with van der Waals surface area (Å²) in [5.41, 5.74) is -0.104. The maximum atomic E-state index is 12.6. The van der Waals surface area contributed by atoms with Gasteiger partial charge in [-0.25, -0.2) is 4.98 Å². The summed E-state index contributed by atoms with van der Waals surface area (Å²) < 4.78 is 48.4. The first-order valence-corrected chi connectivity index (χ1v) is 9.05. The molecule has 2 heterocycles. The van der Waals surface area contributed by atoms with E-state index in [1.807, 2.05) is 0 Å². The number of benzene rings is 1. The summed E-state index contributed by atoms with van der Waals surface area (Å²) in [5, 5.41) is 2.18. The van der Waals surface area contributed by atoms with Gasteiger partial charge in [-0.1, -0.05) is 29.4 Å². The van der Waals surface area contributed by atoms with Gasteiger partial charge in [-0.3, -0.25) is 4.79 Å². The SMILES string of the molecule is C[C@H](Sc1ncc(C(F)(F)F)cc1Cl)C(=O)NCc1ccc2c(c1)OCO2. The molecule has 1 atom stereocenters. The number of aromatic nitrogens is 1. The molecule has 0 saturated carbocycles. The highest BCUT2D eigenvalue weighted by Crippen LogP contribution is 2.35. The van der Waals surface area contributed by atoms with E-state index in [-0.39, 0.29) is 29.3 Å². The lowest BCUT2D eigenvalue weighted by Gasteiger charge is -2.13. The molecule has 0 radical (unpaired) electrons. The van der Waals surface area contributed by atoms with Gasteiger partial charge in [0, 0.05) is 12.7 Å². The molecule has 0 bridgehead atoms. The van der Waals surface area contributed by atoms with Crippen molar-refractivity contribution in [2.75, 3.05) is 6.79 Å². The van der Waals surface area contributed by atoms with Gasteiger partial charge in [0.15, 0.2) is 11.5 Å². The lowest BCUT2D eigenvalue weighted by atomic mass is 10.2. The van der Waals surface area contributed by atoms with Crippen molar-refractivity contribution in [3.8, 4) is 11.5 Å². The average molecular weight is 419 g/mol. The van der Waals surface area contributed by atoms with Crippen molar-refractivity contribution in [3.05, 3.63) is 46.6 Å². The van der Waals surface area contributed by atoms with Crippen LogP contribution in [0.15, 0.2) is 35.5 Å². The van der Waals surface area contributed by atoms with E-state index in [0.29, 0.717) is 17.7 Å². The number of alkyl halides is 3. The van der Waals surface area contributed by atoms with Gasteiger partial charge in [0.1, 0.15) is 5.03 Å². The van der Waals surface area contributed by atoms with Gasteiger partial charge in [0.2, 0.25) is 12.7 Å². The lowest BCUT2D eigenvalue weighted by Crippen LogP contribution is -2.30. The highest BCUT2D eigenvalue weighted by atomic mass is 35.5. The minimum absolute atomic E-state index is 0.148. The first-order chi connectivity index (χ1) is 12.7. The Labute approximate surface area is 162 Å². The number of thioether (sulfide) groups is 1. The summed E-state index contributed by atoms with van der Waals surface area (Å²) in [6.07, 6.45) is -3.82. The topological polar surface area (TPSA) is 60.5 Å². The summed E-state index contributed by atoms with van der Waals surface area (Å²) in [7, 11) is 0. The third kappa shape index (κ3) is 4.78. The molecule has 0 unspecified atom stereocenters. The molecule has 27 heavy (non-hydrogen) atoms. The molecule has 0 saturated heterocycles. The third-order valence-electron chi connectivity index (χ3n) is 3.70. The van der Waals surface area contributed by atoms with Gasteiger partial charge in [-0.15, -0.1) is 0 Å². The van der Waals surface area contributed by atoms with Crippen molar-refractivity contribution >= 4 is 29.3 Å². The molecule has 10 heteroatoms. The Morgan fingerprint density at radius 3 is 2.78 bits per heavy atom. The third-order valence-corrected chi connectivity index (χ3v) is 5.21. The van der Waals surface area contributed by atoms with Gasteiger partial charge in [-0.2, -0.15) is 13.2 Å². The Kier molecular flexibility index (Phi) is 5.71. The first-order valence-electron chi connectivity index (χ1n) is 7.79. The quantitative estimate of drug-likeness (QED) is 0.734.